The summed E-state index contributed by atoms with van der Waals surface area (Å²) in [4.78, 5) is 14.8. The minimum Gasteiger partial charge on any atom is -0.466 e. The second kappa shape index (κ2) is 9.99. The van der Waals surface area contributed by atoms with Crippen LogP contribution in [0.1, 0.15) is 43.3 Å². The number of hydrazine groups is 1. The Morgan fingerprint density at radius 3 is 2.62 bits per heavy atom. The van der Waals surface area contributed by atoms with Crippen LogP contribution < -0.4 is 10.3 Å². The number of aryl methyl sites for hydroxylation is 1. The Morgan fingerprint density at radius 2 is 1.92 bits per heavy atom. The van der Waals surface area contributed by atoms with Crippen molar-refractivity contribution in [1.82, 2.24) is 25.1 Å². The number of fused-ring (bicyclic) bond motifs is 3. The standard InChI is InChI=1S/C28H34N8O/c1-4-6-21-8-10-22(11-9-21)34-15-12-33(13-16-34)14-17-35-27-23(19-29-35)28-30-25(24-7-5-18-37-24)32-36(28)26(31-27)20(2)3/h5,7-11,18-19,25,32H,2,4,6,12-17H2,1,3H3. The molecule has 1 atom stereocenters. The Bertz CT molecular complexity index is 1310. The Kier molecular flexibility index (Phi) is 6.40. The van der Waals surface area contributed by atoms with E-state index in [0.29, 0.717) is 0 Å². The van der Waals surface area contributed by atoms with E-state index >= 15 is 0 Å². The first-order chi connectivity index (χ1) is 18.1. The smallest absolute Gasteiger partial charge is 0.177 e. The lowest BCUT2D eigenvalue weighted by Gasteiger charge is -2.36. The molecule has 0 spiro atoms. The molecule has 1 N–H and O–H groups in total. The SMILES string of the molecule is C=C(C)C1=Nc2c(cnn2CCN2CCN(c3ccc(CCC)cc3)CC2)C2=NC(c3ccco3)NN12. The van der Waals surface area contributed by atoms with E-state index in [4.69, 9.17) is 19.5 Å². The summed E-state index contributed by atoms with van der Waals surface area (Å²) in [5, 5.41) is 6.59. The summed E-state index contributed by atoms with van der Waals surface area (Å²) in [6.07, 6.45) is 5.56. The molecule has 0 aliphatic carbocycles. The number of hydrogen-bond acceptors (Lipinski definition) is 8. The maximum absolute atomic E-state index is 5.58. The molecule has 1 unspecified atom stereocenters. The fourth-order valence-corrected chi connectivity index (χ4v) is 5.20. The molecule has 3 aliphatic rings. The minimum absolute atomic E-state index is 0.303. The molecular formula is C28H34N8O. The molecule has 0 radical (unpaired) electrons. The zero-order valence-electron chi connectivity index (χ0n) is 21.6. The van der Waals surface area contributed by atoms with Crippen LogP contribution in [0.3, 0.4) is 0 Å². The van der Waals surface area contributed by atoms with Gasteiger partial charge in [0.2, 0.25) is 0 Å². The normalized spacial score (nSPS) is 19.5. The number of aromatic nitrogens is 2. The second-order valence-corrected chi connectivity index (χ2v) is 9.90. The van der Waals surface area contributed by atoms with E-state index in [1.807, 2.05) is 34.9 Å². The van der Waals surface area contributed by atoms with Gasteiger partial charge in [-0.05, 0) is 48.7 Å². The summed E-state index contributed by atoms with van der Waals surface area (Å²) in [6, 6.07) is 12.9. The fourth-order valence-electron chi connectivity index (χ4n) is 5.20. The lowest BCUT2D eigenvalue weighted by atomic mass is 10.1. The number of amidine groups is 2. The molecule has 9 heteroatoms. The lowest BCUT2D eigenvalue weighted by molar-refractivity contribution is 0.245. The number of hydrogen-bond donors (Lipinski definition) is 1. The summed E-state index contributed by atoms with van der Waals surface area (Å²) in [6.45, 7) is 14.2. The zero-order chi connectivity index (χ0) is 25.4. The maximum Gasteiger partial charge on any atom is 0.177 e. The number of aliphatic imine (C=N–C) groups is 2. The maximum atomic E-state index is 5.58. The molecule has 1 fully saturated rings. The molecule has 0 bridgehead atoms. The quantitative estimate of drug-likeness (QED) is 0.503. The molecule has 2 aromatic heterocycles. The number of anilines is 1. The van der Waals surface area contributed by atoms with Gasteiger partial charge in [-0.1, -0.05) is 32.1 Å². The highest BCUT2D eigenvalue weighted by Crippen LogP contribution is 2.33. The summed E-state index contributed by atoms with van der Waals surface area (Å²) in [7, 11) is 0. The van der Waals surface area contributed by atoms with E-state index in [0.717, 1.165) is 80.1 Å². The van der Waals surface area contributed by atoms with Gasteiger partial charge in [-0.3, -0.25) is 4.90 Å². The largest absolute Gasteiger partial charge is 0.466 e. The van der Waals surface area contributed by atoms with Crippen molar-refractivity contribution in [3.63, 3.8) is 0 Å². The number of benzene rings is 1. The third-order valence-electron chi connectivity index (χ3n) is 7.23. The van der Waals surface area contributed by atoms with Crippen LogP contribution in [0, 0.1) is 0 Å². The molecule has 0 amide bonds. The van der Waals surface area contributed by atoms with Crippen molar-refractivity contribution >= 4 is 23.2 Å². The average Bonchev–Trinajstić information content (AvgIpc) is 3.67. The molecule has 1 aromatic carbocycles. The number of rotatable bonds is 8. The van der Waals surface area contributed by atoms with Gasteiger partial charge in [0.1, 0.15) is 5.76 Å². The van der Waals surface area contributed by atoms with Gasteiger partial charge < -0.3 is 9.32 Å². The number of piperazine rings is 1. The molecule has 3 aliphatic heterocycles. The third kappa shape index (κ3) is 4.60. The van der Waals surface area contributed by atoms with Crippen molar-refractivity contribution in [2.45, 2.75) is 39.4 Å². The predicted octanol–water partition coefficient (Wildman–Crippen LogP) is 4.14. The van der Waals surface area contributed by atoms with Crippen molar-refractivity contribution < 1.29 is 4.42 Å². The van der Waals surface area contributed by atoms with E-state index in [1.165, 1.54) is 17.7 Å². The number of furan rings is 1. The van der Waals surface area contributed by atoms with Gasteiger partial charge in [0.05, 0.1) is 24.6 Å². The summed E-state index contributed by atoms with van der Waals surface area (Å²) in [5.74, 6) is 3.14. The van der Waals surface area contributed by atoms with E-state index in [9.17, 15) is 0 Å². The second-order valence-electron chi connectivity index (χ2n) is 9.90. The van der Waals surface area contributed by atoms with Crippen LogP contribution in [0.5, 0.6) is 0 Å². The van der Waals surface area contributed by atoms with Crippen molar-refractivity contribution in [1.29, 1.82) is 0 Å². The highest BCUT2D eigenvalue weighted by Gasteiger charge is 2.37. The van der Waals surface area contributed by atoms with Gasteiger partial charge in [-0.25, -0.2) is 19.7 Å². The van der Waals surface area contributed by atoms with E-state index < -0.39 is 0 Å². The molecule has 6 rings (SSSR count). The van der Waals surface area contributed by atoms with E-state index in [2.05, 4.69) is 53.0 Å². The average molecular weight is 499 g/mol. The van der Waals surface area contributed by atoms with E-state index in [-0.39, 0.29) is 6.17 Å². The van der Waals surface area contributed by atoms with Gasteiger partial charge in [-0.2, -0.15) is 10.5 Å². The third-order valence-corrected chi connectivity index (χ3v) is 7.23. The van der Waals surface area contributed by atoms with Crippen LogP contribution in [0.25, 0.3) is 0 Å². The van der Waals surface area contributed by atoms with Gasteiger partial charge in [-0.15, -0.1) is 0 Å². The van der Waals surface area contributed by atoms with Crippen LogP contribution in [0.4, 0.5) is 11.5 Å². The zero-order valence-corrected chi connectivity index (χ0v) is 21.6. The Morgan fingerprint density at radius 1 is 1.11 bits per heavy atom. The van der Waals surface area contributed by atoms with Crippen LogP contribution >= 0.6 is 0 Å². The van der Waals surface area contributed by atoms with Crippen LogP contribution in [-0.4, -0.2) is 64.1 Å². The first-order valence-electron chi connectivity index (χ1n) is 13.1. The molecular weight excluding hydrogens is 464 g/mol. The highest BCUT2D eigenvalue weighted by molar-refractivity contribution is 6.19. The Labute approximate surface area is 217 Å². The van der Waals surface area contributed by atoms with Gasteiger partial charge >= 0.3 is 0 Å². The number of nitrogens with zero attached hydrogens (tertiary/aromatic N) is 7. The van der Waals surface area contributed by atoms with Gasteiger partial charge in [0.15, 0.2) is 23.7 Å². The van der Waals surface area contributed by atoms with Crippen molar-refractivity contribution in [3.05, 3.63) is 77.9 Å². The van der Waals surface area contributed by atoms with Gasteiger partial charge in [0.25, 0.3) is 0 Å². The summed E-state index contributed by atoms with van der Waals surface area (Å²) in [5.41, 5.74) is 7.90. The lowest BCUT2D eigenvalue weighted by Crippen LogP contribution is -2.47. The topological polar surface area (TPSA) is 77.4 Å². The van der Waals surface area contributed by atoms with Crippen LogP contribution in [-0.2, 0) is 13.0 Å². The first kappa shape index (κ1) is 23.7. The van der Waals surface area contributed by atoms with E-state index in [1.54, 1.807) is 6.26 Å². The van der Waals surface area contributed by atoms with Crippen molar-refractivity contribution in [2.24, 2.45) is 9.98 Å². The molecule has 192 valence electrons. The summed E-state index contributed by atoms with van der Waals surface area (Å²) >= 11 is 0. The van der Waals surface area contributed by atoms with Crippen LogP contribution in [0.2, 0.25) is 0 Å². The Balaban J connectivity index is 1.12. The number of nitrogens with one attached hydrogen (secondary N) is 1. The Hall–Kier alpha value is -3.69. The predicted molar refractivity (Wildman–Crippen MR) is 146 cm³/mol. The minimum atomic E-state index is -0.303. The van der Waals surface area contributed by atoms with Gasteiger partial charge in [0, 0.05) is 38.4 Å². The fraction of sp³-hybridized carbons (Fsp3) is 0.393. The highest BCUT2D eigenvalue weighted by atomic mass is 16.3. The molecule has 1 saturated heterocycles. The van der Waals surface area contributed by atoms with Crippen molar-refractivity contribution in [3.8, 4) is 0 Å². The molecule has 5 heterocycles. The molecule has 37 heavy (non-hydrogen) atoms. The van der Waals surface area contributed by atoms with Crippen LogP contribution in [0.15, 0.2) is 75.4 Å². The summed E-state index contributed by atoms with van der Waals surface area (Å²) < 4.78 is 7.58. The van der Waals surface area contributed by atoms with Crippen molar-refractivity contribution in [2.75, 3.05) is 37.6 Å². The molecule has 9 nitrogen and oxygen atoms in total. The molecule has 0 saturated carbocycles. The molecule has 3 aromatic rings. The monoisotopic (exact) mass is 498 g/mol. The first-order valence-corrected chi connectivity index (χ1v) is 13.1.